The molecular formula is C16H16N2O2S. The average molecular weight is 300 g/mol. The fourth-order valence-corrected chi connectivity index (χ4v) is 3.43. The van der Waals surface area contributed by atoms with Gasteiger partial charge < -0.3 is 9.67 Å². The van der Waals surface area contributed by atoms with E-state index in [1.165, 1.54) is 5.56 Å². The quantitative estimate of drug-likeness (QED) is 0.795. The number of thiophene rings is 1. The van der Waals surface area contributed by atoms with Crippen LogP contribution in [0.4, 0.5) is 0 Å². The molecule has 21 heavy (non-hydrogen) atoms. The van der Waals surface area contributed by atoms with Gasteiger partial charge in [-0.2, -0.15) is 11.3 Å². The maximum Gasteiger partial charge on any atom is 0.335 e. The molecule has 0 fully saturated rings. The molecule has 0 aliphatic heterocycles. The van der Waals surface area contributed by atoms with Crippen molar-refractivity contribution >= 4 is 28.3 Å². The van der Waals surface area contributed by atoms with Gasteiger partial charge in [-0.05, 0) is 60.9 Å². The van der Waals surface area contributed by atoms with Crippen molar-refractivity contribution in [3.05, 3.63) is 52.0 Å². The van der Waals surface area contributed by atoms with Gasteiger partial charge in [0.2, 0.25) is 0 Å². The summed E-state index contributed by atoms with van der Waals surface area (Å²) in [6, 6.07) is 7.54. The van der Waals surface area contributed by atoms with Crippen LogP contribution >= 0.6 is 11.3 Å². The van der Waals surface area contributed by atoms with Crippen molar-refractivity contribution in [2.75, 3.05) is 0 Å². The molecular weight excluding hydrogens is 284 g/mol. The van der Waals surface area contributed by atoms with Crippen LogP contribution in [-0.2, 0) is 6.42 Å². The molecule has 1 unspecified atom stereocenters. The maximum absolute atomic E-state index is 11.0. The molecule has 2 heterocycles. The fraction of sp³-hybridized carbons (Fsp3) is 0.250. The molecule has 4 nitrogen and oxygen atoms in total. The van der Waals surface area contributed by atoms with Crippen LogP contribution in [0.15, 0.2) is 35.0 Å². The molecule has 1 aromatic carbocycles. The van der Waals surface area contributed by atoms with E-state index in [4.69, 9.17) is 5.11 Å². The summed E-state index contributed by atoms with van der Waals surface area (Å²) in [6.07, 6.45) is 0.941. The first-order valence-corrected chi connectivity index (χ1v) is 7.73. The van der Waals surface area contributed by atoms with E-state index in [-0.39, 0.29) is 11.6 Å². The molecule has 5 heteroatoms. The second-order valence-corrected chi connectivity index (χ2v) is 6.00. The highest BCUT2D eigenvalue weighted by atomic mass is 32.1. The summed E-state index contributed by atoms with van der Waals surface area (Å²) in [5.41, 5.74) is 3.32. The number of aryl methyl sites for hydroxylation is 1. The minimum atomic E-state index is -0.921. The van der Waals surface area contributed by atoms with Gasteiger partial charge in [-0.1, -0.05) is 0 Å². The number of nitrogens with zero attached hydrogens (tertiary/aromatic N) is 2. The van der Waals surface area contributed by atoms with Gasteiger partial charge in [-0.15, -0.1) is 0 Å². The van der Waals surface area contributed by atoms with Crippen molar-refractivity contribution in [3.8, 4) is 0 Å². The average Bonchev–Trinajstić information content (AvgIpc) is 3.03. The Morgan fingerprint density at radius 3 is 2.90 bits per heavy atom. The number of carbonyl (C=O) groups is 1. The number of imidazole rings is 1. The van der Waals surface area contributed by atoms with E-state index < -0.39 is 5.97 Å². The van der Waals surface area contributed by atoms with Crippen LogP contribution in [0.1, 0.15) is 34.7 Å². The van der Waals surface area contributed by atoms with E-state index in [9.17, 15) is 4.79 Å². The Hall–Kier alpha value is -2.14. The van der Waals surface area contributed by atoms with Gasteiger partial charge in [0.1, 0.15) is 5.82 Å². The van der Waals surface area contributed by atoms with Crippen molar-refractivity contribution in [3.63, 3.8) is 0 Å². The maximum atomic E-state index is 11.0. The molecule has 1 atom stereocenters. The van der Waals surface area contributed by atoms with Crippen molar-refractivity contribution in [2.45, 2.75) is 26.3 Å². The van der Waals surface area contributed by atoms with Crippen LogP contribution < -0.4 is 0 Å². The zero-order valence-corrected chi connectivity index (χ0v) is 12.7. The summed E-state index contributed by atoms with van der Waals surface area (Å²) in [7, 11) is 0. The molecule has 0 amide bonds. The molecule has 0 saturated carbocycles. The zero-order valence-electron chi connectivity index (χ0n) is 11.9. The monoisotopic (exact) mass is 300 g/mol. The van der Waals surface area contributed by atoms with Gasteiger partial charge in [-0.3, -0.25) is 0 Å². The Kier molecular flexibility index (Phi) is 3.51. The van der Waals surface area contributed by atoms with Crippen LogP contribution in [0.5, 0.6) is 0 Å². The lowest BCUT2D eigenvalue weighted by molar-refractivity contribution is 0.0697. The Bertz CT molecular complexity index is 790. The second-order valence-electron chi connectivity index (χ2n) is 5.22. The highest BCUT2D eigenvalue weighted by Gasteiger charge is 2.15. The lowest BCUT2D eigenvalue weighted by Gasteiger charge is -2.16. The molecule has 0 radical (unpaired) electrons. The second kappa shape index (κ2) is 5.33. The van der Waals surface area contributed by atoms with Gasteiger partial charge in [-0.25, -0.2) is 9.78 Å². The van der Waals surface area contributed by atoms with Crippen LogP contribution in [0.25, 0.3) is 11.0 Å². The molecule has 0 aliphatic carbocycles. The van der Waals surface area contributed by atoms with Gasteiger partial charge in [0.05, 0.1) is 16.6 Å². The van der Waals surface area contributed by atoms with Gasteiger partial charge in [0.15, 0.2) is 0 Å². The van der Waals surface area contributed by atoms with E-state index in [1.54, 1.807) is 23.5 Å². The summed E-state index contributed by atoms with van der Waals surface area (Å²) >= 11 is 1.70. The Morgan fingerprint density at radius 2 is 2.24 bits per heavy atom. The summed E-state index contributed by atoms with van der Waals surface area (Å²) in [5, 5.41) is 13.3. The van der Waals surface area contributed by atoms with Crippen LogP contribution in [0, 0.1) is 6.92 Å². The third-order valence-corrected chi connectivity index (χ3v) is 4.40. The molecule has 108 valence electrons. The molecule has 2 aromatic heterocycles. The summed E-state index contributed by atoms with van der Waals surface area (Å²) in [4.78, 5) is 15.6. The molecule has 0 spiro atoms. The highest BCUT2D eigenvalue weighted by Crippen LogP contribution is 2.25. The van der Waals surface area contributed by atoms with Crippen molar-refractivity contribution in [2.24, 2.45) is 0 Å². The normalized spacial score (nSPS) is 12.7. The summed E-state index contributed by atoms with van der Waals surface area (Å²) in [6.45, 7) is 4.13. The van der Waals surface area contributed by atoms with Crippen molar-refractivity contribution < 1.29 is 9.90 Å². The van der Waals surface area contributed by atoms with E-state index in [0.717, 1.165) is 23.3 Å². The SMILES string of the molecule is Cc1nc2cc(C(=O)O)ccc2n1C(C)Cc1ccsc1. The molecule has 1 N–H and O–H groups in total. The summed E-state index contributed by atoms with van der Waals surface area (Å²) in [5.74, 6) is -0.00862. The number of aromatic carboxylic acids is 1. The van der Waals surface area contributed by atoms with Crippen LogP contribution in [-0.4, -0.2) is 20.6 Å². The molecule has 0 saturated heterocycles. The Balaban J connectivity index is 2.01. The van der Waals surface area contributed by atoms with E-state index in [1.807, 2.05) is 13.0 Å². The number of benzene rings is 1. The lowest BCUT2D eigenvalue weighted by Crippen LogP contribution is -2.09. The van der Waals surface area contributed by atoms with Gasteiger partial charge in [0.25, 0.3) is 0 Å². The first kappa shape index (κ1) is 13.8. The molecule has 0 aliphatic rings. The molecule has 0 bridgehead atoms. The van der Waals surface area contributed by atoms with Gasteiger partial charge >= 0.3 is 5.97 Å². The van der Waals surface area contributed by atoms with E-state index in [0.29, 0.717) is 0 Å². The van der Waals surface area contributed by atoms with Crippen LogP contribution in [0.3, 0.4) is 0 Å². The Morgan fingerprint density at radius 1 is 1.43 bits per heavy atom. The number of hydrogen-bond acceptors (Lipinski definition) is 3. The first-order chi connectivity index (χ1) is 10.1. The number of carboxylic acid groups (broad SMARTS) is 1. The third-order valence-electron chi connectivity index (χ3n) is 3.66. The fourth-order valence-electron chi connectivity index (χ4n) is 2.75. The number of hydrogen-bond donors (Lipinski definition) is 1. The lowest BCUT2D eigenvalue weighted by atomic mass is 10.1. The number of aromatic nitrogens is 2. The Labute approximate surface area is 126 Å². The minimum absolute atomic E-state index is 0.276. The van der Waals surface area contributed by atoms with Gasteiger partial charge in [0, 0.05) is 6.04 Å². The molecule has 3 aromatic rings. The largest absolute Gasteiger partial charge is 0.478 e. The van der Waals surface area contributed by atoms with E-state index in [2.05, 4.69) is 33.3 Å². The smallest absolute Gasteiger partial charge is 0.335 e. The van der Waals surface area contributed by atoms with E-state index >= 15 is 0 Å². The topological polar surface area (TPSA) is 55.1 Å². The third kappa shape index (κ3) is 2.56. The number of fused-ring (bicyclic) bond motifs is 1. The summed E-state index contributed by atoms with van der Waals surface area (Å²) < 4.78 is 2.18. The predicted molar refractivity (Wildman–Crippen MR) is 84.2 cm³/mol. The molecule has 3 rings (SSSR count). The minimum Gasteiger partial charge on any atom is -0.478 e. The predicted octanol–water partition coefficient (Wildman–Crippen LogP) is 3.91. The van der Waals surface area contributed by atoms with Crippen LogP contribution in [0.2, 0.25) is 0 Å². The number of carboxylic acids is 1. The van der Waals surface area contributed by atoms with Crippen molar-refractivity contribution in [1.29, 1.82) is 0 Å². The zero-order chi connectivity index (χ0) is 15.0. The number of rotatable bonds is 4. The first-order valence-electron chi connectivity index (χ1n) is 6.79. The standard InChI is InChI=1S/C16H16N2O2S/c1-10(7-12-5-6-21-9-12)18-11(2)17-14-8-13(16(19)20)3-4-15(14)18/h3-6,8-10H,7H2,1-2H3,(H,19,20). The van der Waals surface area contributed by atoms with Crippen molar-refractivity contribution in [1.82, 2.24) is 9.55 Å². The highest BCUT2D eigenvalue weighted by molar-refractivity contribution is 7.07.